The van der Waals surface area contributed by atoms with E-state index in [9.17, 15) is 14.4 Å². The molecule has 0 radical (unpaired) electrons. The molecule has 0 atom stereocenters. The highest BCUT2D eigenvalue weighted by atomic mass is 16.5. The number of benzene rings is 1. The van der Waals surface area contributed by atoms with Gasteiger partial charge in [-0.2, -0.15) is 5.10 Å². The summed E-state index contributed by atoms with van der Waals surface area (Å²) in [6, 6.07) is 7.99. The summed E-state index contributed by atoms with van der Waals surface area (Å²) < 4.78 is 6.29. The van der Waals surface area contributed by atoms with E-state index in [0.29, 0.717) is 30.8 Å². The molecule has 3 aromatic rings. The molecule has 0 saturated heterocycles. The van der Waals surface area contributed by atoms with Crippen LogP contribution in [0.25, 0.3) is 10.9 Å². The Labute approximate surface area is 167 Å². The van der Waals surface area contributed by atoms with Gasteiger partial charge in [-0.3, -0.25) is 9.59 Å². The Bertz CT molecular complexity index is 1190. The minimum Gasteiger partial charge on any atom is -0.452 e. The van der Waals surface area contributed by atoms with Crippen molar-refractivity contribution in [1.82, 2.24) is 19.7 Å². The quantitative estimate of drug-likeness (QED) is 0.681. The molecule has 4 rings (SSSR count). The first-order valence-electron chi connectivity index (χ1n) is 9.44. The van der Waals surface area contributed by atoms with Gasteiger partial charge in [0.15, 0.2) is 6.61 Å². The second kappa shape index (κ2) is 7.20. The van der Waals surface area contributed by atoms with Gasteiger partial charge >= 0.3 is 5.97 Å². The molecule has 1 N–H and O–H groups in total. The minimum absolute atomic E-state index is 0.0784. The minimum atomic E-state index is -0.799. The number of rotatable bonds is 3. The largest absolute Gasteiger partial charge is 0.452 e. The monoisotopic (exact) mass is 394 g/mol. The molecule has 1 aromatic carbocycles. The lowest BCUT2D eigenvalue weighted by Crippen LogP contribution is -2.39. The molecule has 0 saturated carbocycles. The number of amides is 1. The summed E-state index contributed by atoms with van der Waals surface area (Å²) in [5, 5.41) is 5.14. The third-order valence-corrected chi connectivity index (χ3v) is 5.49. The predicted octanol–water partition coefficient (Wildman–Crippen LogP) is 1.62. The molecular formula is C21H22N4O4. The van der Waals surface area contributed by atoms with Crippen molar-refractivity contribution in [1.29, 1.82) is 0 Å². The Morgan fingerprint density at radius 3 is 2.79 bits per heavy atom. The molecular weight excluding hydrogens is 372 g/mol. The van der Waals surface area contributed by atoms with Gasteiger partial charge in [0.05, 0.1) is 5.69 Å². The van der Waals surface area contributed by atoms with Gasteiger partial charge in [0.2, 0.25) is 0 Å². The fourth-order valence-corrected chi connectivity index (χ4v) is 3.76. The number of fused-ring (bicyclic) bond motifs is 3. The number of carbonyl (C=O) groups excluding carboxylic acids is 2. The number of hydrogen-bond donors (Lipinski definition) is 1. The van der Waals surface area contributed by atoms with E-state index in [1.54, 1.807) is 18.7 Å². The first-order chi connectivity index (χ1) is 13.9. The molecule has 8 nitrogen and oxygen atoms in total. The number of aromatic nitrogens is 3. The first kappa shape index (κ1) is 18.9. The van der Waals surface area contributed by atoms with Gasteiger partial charge in [-0.15, -0.1) is 0 Å². The van der Waals surface area contributed by atoms with Gasteiger partial charge in [-0.25, -0.2) is 9.48 Å². The van der Waals surface area contributed by atoms with Crippen LogP contribution in [0.3, 0.4) is 0 Å². The van der Waals surface area contributed by atoms with Gasteiger partial charge in [0.25, 0.3) is 11.5 Å². The zero-order chi connectivity index (χ0) is 20.7. The van der Waals surface area contributed by atoms with E-state index in [1.807, 2.05) is 24.3 Å². The van der Waals surface area contributed by atoms with E-state index in [-0.39, 0.29) is 11.5 Å². The molecule has 1 amide bonds. The molecule has 0 bridgehead atoms. The van der Waals surface area contributed by atoms with E-state index in [1.165, 1.54) is 7.05 Å². The molecule has 1 aliphatic heterocycles. The average Bonchev–Trinajstić information content (AvgIpc) is 3.08. The Morgan fingerprint density at radius 1 is 1.24 bits per heavy atom. The van der Waals surface area contributed by atoms with Crippen LogP contribution in [0.4, 0.5) is 0 Å². The second-order valence-corrected chi connectivity index (χ2v) is 7.28. The van der Waals surface area contributed by atoms with Gasteiger partial charge in [-0.1, -0.05) is 18.2 Å². The number of H-pyrrole nitrogens is 1. The molecule has 3 heterocycles. The number of ether oxygens (including phenoxy) is 1. The second-order valence-electron chi connectivity index (χ2n) is 7.28. The van der Waals surface area contributed by atoms with E-state index in [0.717, 1.165) is 26.8 Å². The van der Waals surface area contributed by atoms with Crippen LogP contribution in [0.1, 0.15) is 32.9 Å². The lowest BCUT2D eigenvalue weighted by atomic mass is 10.0. The number of carbonyl (C=O) groups is 2. The number of aromatic amines is 1. The summed E-state index contributed by atoms with van der Waals surface area (Å²) in [6.45, 7) is 3.96. The maximum atomic E-state index is 12.6. The molecule has 0 unspecified atom stereocenters. The smallest absolute Gasteiger partial charge is 0.344 e. The third kappa shape index (κ3) is 3.30. The fraction of sp³-hybridized carbons (Fsp3) is 0.333. The number of aryl methyl sites for hydroxylation is 2. The maximum absolute atomic E-state index is 12.6. The predicted molar refractivity (Wildman–Crippen MR) is 107 cm³/mol. The van der Waals surface area contributed by atoms with Gasteiger partial charge in [-0.05, 0) is 25.5 Å². The van der Waals surface area contributed by atoms with E-state index in [4.69, 9.17) is 4.74 Å². The molecule has 29 heavy (non-hydrogen) atoms. The summed E-state index contributed by atoms with van der Waals surface area (Å²) in [4.78, 5) is 42.5. The van der Waals surface area contributed by atoms with Crippen LogP contribution in [0.2, 0.25) is 0 Å². The van der Waals surface area contributed by atoms with Crippen molar-refractivity contribution in [2.45, 2.75) is 26.8 Å². The standard InChI is InChI=1S/C21H22N4O4/c1-12-13(2)23-24(3)20(27)19(12)21(28)29-11-18(26)25-9-8-17-15(10-25)14-6-4-5-7-16(14)22-17/h4-7,22H,8-11H2,1-3H3. The van der Waals surface area contributed by atoms with Gasteiger partial charge in [0.1, 0.15) is 5.56 Å². The topological polar surface area (TPSA) is 97.3 Å². The highest BCUT2D eigenvalue weighted by Gasteiger charge is 2.26. The highest BCUT2D eigenvalue weighted by molar-refractivity contribution is 5.92. The lowest BCUT2D eigenvalue weighted by Gasteiger charge is -2.27. The van der Waals surface area contributed by atoms with Crippen molar-refractivity contribution in [3.05, 3.63) is 62.7 Å². The normalized spacial score (nSPS) is 13.4. The van der Waals surface area contributed by atoms with Crippen LogP contribution in [-0.4, -0.2) is 44.7 Å². The summed E-state index contributed by atoms with van der Waals surface area (Å²) in [7, 11) is 1.48. The third-order valence-electron chi connectivity index (χ3n) is 5.49. The van der Waals surface area contributed by atoms with Crippen LogP contribution in [-0.2, 0) is 29.5 Å². The number of esters is 1. The summed E-state index contributed by atoms with van der Waals surface area (Å²) in [6.07, 6.45) is 0.715. The van der Waals surface area contributed by atoms with Crippen molar-refractivity contribution in [2.24, 2.45) is 7.05 Å². The molecule has 0 fully saturated rings. The molecule has 0 aliphatic carbocycles. The summed E-state index contributed by atoms with van der Waals surface area (Å²) in [5.41, 5.74) is 3.70. The first-order valence-corrected chi connectivity index (χ1v) is 9.44. The lowest BCUT2D eigenvalue weighted by molar-refractivity contribution is -0.135. The van der Waals surface area contributed by atoms with Crippen LogP contribution >= 0.6 is 0 Å². The van der Waals surface area contributed by atoms with E-state index >= 15 is 0 Å². The molecule has 8 heteroatoms. The molecule has 2 aromatic heterocycles. The van der Waals surface area contributed by atoms with Crippen molar-refractivity contribution < 1.29 is 14.3 Å². The van der Waals surface area contributed by atoms with Crippen molar-refractivity contribution in [2.75, 3.05) is 13.2 Å². The molecule has 1 aliphatic rings. The van der Waals surface area contributed by atoms with Crippen molar-refractivity contribution in [3.8, 4) is 0 Å². The van der Waals surface area contributed by atoms with Crippen molar-refractivity contribution in [3.63, 3.8) is 0 Å². The SMILES string of the molecule is Cc1nn(C)c(=O)c(C(=O)OCC(=O)N2CCc3[nH]c4ccccc4c3C2)c1C. The number of nitrogens with zero attached hydrogens (tertiary/aromatic N) is 3. The number of hydrogen-bond acceptors (Lipinski definition) is 5. The summed E-state index contributed by atoms with van der Waals surface area (Å²) >= 11 is 0. The zero-order valence-corrected chi connectivity index (χ0v) is 16.6. The number of para-hydroxylation sites is 1. The zero-order valence-electron chi connectivity index (χ0n) is 16.6. The Balaban J connectivity index is 1.47. The molecule has 150 valence electrons. The van der Waals surface area contributed by atoms with Crippen molar-refractivity contribution >= 4 is 22.8 Å². The van der Waals surface area contributed by atoms with Gasteiger partial charge in [0, 0.05) is 48.7 Å². The van der Waals surface area contributed by atoms with Crippen LogP contribution in [0.5, 0.6) is 0 Å². The van der Waals surface area contributed by atoms with Crippen LogP contribution in [0.15, 0.2) is 29.1 Å². The fourth-order valence-electron chi connectivity index (χ4n) is 3.76. The summed E-state index contributed by atoms with van der Waals surface area (Å²) in [5.74, 6) is -1.08. The highest BCUT2D eigenvalue weighted by Crippen LogP contribution is 2.27. The Morgan fingerprint density at radius 2 is 2.00 bits per heavy atom. The number of nitrogens with one attached hydrogen (secondary N) is 1. The average molecular weight is 394 g/mol. The van der Waals surface area contributed by atoms with Crippen LogP contribution in [0, 0.1) is 13.8 Å². The molecule has 0 spiro atoms. The Hall–Kier alpha value is -3.42. The van der Waals surface area contributed by atoms with E-state index < -0.39 is 18.1 Å². The van der Waals surface area contributed by atoms with Crippen LogP contribution < -0.4 is 5.56 Å². The van der Waals surface area contributed by atoms with Gasteiger partial charge < -0.3 is 14.6 Å². The Kier molecular flexibility index (Phi) is 4.70. The van der Waals surface area contributed by atoms with E-state index in [2.05, 4.69) is 10.1 Å². The maximum Gasteiger partial charge on any atom is 0.344 e.